The fourth-order valence-corrected chi connectivity index (χ4v) is 1.45. The lowest BCUT2D eigenvalue weighted by molar-refractivity contribution is 0.0806. The van der Waals surface area contributed by atoms with E-state index in [1.54, 1.807) is 31.1 Å². The van der Waals surface area contributed by atoms with Crippen LogP contribution in [0.2, 0.25) is 0 Å². The molecule has 1 aromatic heterocycles. The molecule has 0 fully saturated rings. The van der Waals surface area contributed by atoms with Crippen molar-refractivity contribution in [1.82, 2.24) is 9.88 Å². The quantitative estimate of drug-likeness (QED) is 0.786. The molecule has 0 aromatic carbocycles. The molecule has 4 heteroatoms. The van der Waals surface area contributed by atoms with E-state index in [9.17, 15) is 4.79 Å². The van der Waals surface area contributed by atoms with Crippen molar-refractivity contribution in [3.63, 3.8) is 0 Å². The molecule has 0 atom stereocenters. The van der Waals surface area contributed by atoms with E-state index in [0.29, 0.717) is 23.5 Å². The maximum Gasteiger partial charge on any atom is 0.255 e. The molecule has 1 heterocycles. The molecule has 0 aliphatic carbocycles. The smallest absolute Gasteiger partial charge is 0.255 e. The number of carbonyl (C=O) groups is 1. The fourth-order valence-electron chi connectivity index (χ4n) is 1.45. The summed E-state index contributed by atoms with van der Waals surface area (Å²) in [6.07, 6.45) is 1.55. The van der Waals surface area contributed by atoms with Crippen LogP contribution in [0.5, 0.6) is 0 Å². The van der Waals surface area contributed by atoms with E-state index in [2.05, 4.69) is 11.6 Å². The molecule has 2 N–H and O–H groups in total. The molecule has 0 spiro atoms. The third-order valence-corrected chi connectivity index (χ3v) is 2.19. The Morgan fingerprint density at radius 3 is 2.81 bits per heavy atom. The Morgan fingerprint density at radius 1 is 1.62 bits per heavy atom. The second-order valence-corrected chi connectivity index (χ2v) is 4.02. The summed E-state index contributed by atoms with van der Waals surface area (Å²) in [4.78, 5) is 17.7. The van der Waals surface area contributed by atoms with Crippen LogP contribution in [-0.2, 0) is 0 Å². The highest BCUT2D eigenvalue weighted by Gasteiger charge is 2.14. The topological polar surface area (TPSA) is 59.2 Å². The number of likely N-dealkylation sites (N-methyl/N-ethyl adjacent to an activating group) is 1. The highest BCUT2D eigenvalue weighted by molar-refractivity contribution is 5.95. The largest absolute Gasteiger partial charge is 0.397 e. The van der Waals surface area contributed by atoms with Crippen molar-refractivity contribution in [1.29, 1.82) is 0 Å². The molecule has 1 aromatic rings. The van der Waals surface area contributed by atoms with Crippen molar-refractivity contribution < 1.29 is 4.79 Å². The molecular formula is C12H17N3O. The Bertz CT molecular complexity index is 426. The minimum absolute atomic E-state index is 0.0831. The van der Waals surface area contributed by atoms with Gasteiger partial charge < -0.3 is 10.6 Å². The van der Waals surface area contributed by atoms with Crippen molar-refractivity contribution in [2.24, 2.45) is 0 Å². The first-order valence-corrected chi connectivity index (χ1v) is 5.03. The molecule has 0 aliphatic rings. The average Bonchev–Trinajstić information content (AvgIpc) is 2.19. The van der Waals surface area contributed by atoms with Crippen molar-refractivity contribution in [3.8, 4) is 0 Å². The third kappa shape index (κ3) is 2.82. The minimum atomic E-state index is -0.0831. The summed E-state index contributed by atoms with van der Waals surface area (Å²) in [5, 5.41) is 0. The van der Waals surface area contributed by atoms with Crippen molar-refractivity contribution >= 4 is 11.6 Å². The van der Waals surface area contributed by atoms with Gasteiger partial charge in [-0.15, -0.1) is 0 Å². The number of rotatable bonds is 3. The number of amides is 1. The van der Waals surface area contributed by atoms with Gasteiger partial charge in [0.25, 0.3) is 5.91 Å². The Morgan fingerprint density at radius 2 is 2.25 bits per heavy atom. The minimum Gasteiger partial charge on any atom is -0.397 e. The predicted molar refractivity (Wildman–Crippen MR) is 65.2 cm³/mol. The highest BCUT2D eigenvalue weighted by Crippen LogP contribution is 2.12. The van der Waals surface area contributed by atoms with Crippen molar-refractivity contribution in [3.05, 3.63) is 35.7 Å². The first-order chi connectivity index (χ1) is 7.41. The van der Waals surface area contributed by atoms with E-state index in [-0.39, 0.29) is 5.91 Å². The number of hydrogen-bond donors (Lipinski definition) is 1. The first-order valence-electron chi connectivity index (χ1n) is 5.03. The summed E-state index contributed by atoms with van der Waals surface area (Å²) in [5.74, 6) is -0.0831. The van der Waals surface area contributed by atoms with Crippen LogP contribution in [0.1, 0.15) is 23.0 Å². The van der Waals surface area contributed by atoms with E-state index < -0.39 is 0 Å². The number of hydrogen-bond acceptors (Lipinski definition) is 3. The molecule has 86 valence electrons. The van der Waals surface area contributed by atoms with E-state index in [0.717, 1.165) is 5.57 Å². The molecule has 16 heavy (non-hydrogen) atoms. The number of anilines is 1. The summed E-state index contributed by atoms with van der Waals surface area (Å²) in [6.45, 7) is 7.99. The summed E-state index contributed by atoms with van der Waals surface area (Å²) in [5.41, 5.74) is 8.28. The van der Waals surface area contributed by atoms with Crippen LogP contribution in [0.15, 0.2) is 24.4 Å². The van der Waals surface area contributed by atoms with Gasteiger partial charge in [0, 0.05) is 13.6 Å². The molecule has 1 rings (SSSR count). The number of nitrogen functional groups attached to an aromatic ring is 1. The molecule has 0 aliphatic heterocycles. The maximum absolute atomic E-state index is 12.0. The fraction of sp³-hybridized carbons (Fsp3) is 0.333. The van der Waals surface area contributed by atoms with E-state index in [1.807, 2.05) is 6.92 Å². The van der Waals surface area contributed by atoms with Gasteiger partial charge in [0.1, 0.15) is 0 Å². The average molecular weight is 219 g/mol. The predicted octanol–water partition coefficient (Wildman–Crippen LogP) is 1.62. The summed E-state index contributed by atoms with van der Waals surface area (Å²) in [6, 6.07) is 1.65. The second kappa shape index (κ2) is 4.79. The summed E-state index contributed by atoms with van der Waals surface area (Å²) < 4.78 is 0. The normalized spacial score (nSPS) is 9.94. The van der Waals surface area contributed by atoms with Crippen LogP contribution >= 0.6 is 0 Å². The van der Waals surface area contributed by atoms with E-state index >= 15 is 0 Å². The van der Waals surface area contributed by atoms with Crippen molar-refractivity contribution in [2.45, 2.75) is 13.8 Å². The van der Waals surface area contributed by atoms with Gasteiger partial charge in [0.2, 0.25) is 0 Å². The molecule has 0 saturated carbocycles. The molecule has 0 unspecified atom stereocenters. The molecular weight excluding hydrogens is 202 g/mol. The number of aryl methyl sites for hydroxylation is 1. The van der Waals surface area contributed by atoms with Gasteiger partial charge in [-0.2, -0.15) is 0 Å². The Hall–Kier alpha value is -1.84. The number of nitrogens with two attached hydrogens (primary N) is 1. The number of nitrogens with zero attached hydrogens (tertiary/aromatic N) is 2. The standard InChI is InChI=1S/C12H17N3O/c1-8(2)7-15(4)12(16)11-5-10(13)6-14-9(11)3/h5-6H,1,7,13H2,2-4H3. The van der Waals surface area contributed by atoms with Crippen LogP contribution in [0, 0.1) is 6.92 Å². The van der Waals surface area contributed by atoms with Gasteiger partial charge in [-0.05, 0) is 19.9 Å². The zero-order valence-corrected chi connectivity index (χ0v) is 9.95. The van der Waals surface area contributed by atoms with Gasteiger partial charge >= 0.3 is 0 Å². The van der Waals surface area contributed by atoms with Crippen molar-refractivity contribution in [2.75, 3.05) is 19.3 Å². The zero-order chi connectivity index (χ0) is 12.3. The van der Waals surface area contributed by atoms with Crippen LogP contribution in [-0.4, -0.2) is 29.4 Å². The number of pyridine rings is 1. The first kappa shape index (κ1) is 12.2. The van der Waals surface area contributed by atoms with Gasteiger partial charge in [0.05, 0.1) is 23.1 Å². The van der Waals surface area contributed by atoms with Gasteiger partial charge in [0.15, 0.2) is 0 Å². The molecule has 1 amide bonds. The maximum atomic E-state index is 12.0. The van der Waals surface area contributed by atoms with Gasteiger partial charge in [-0.3, -0.25) is 9.78 Å². The summed E-state index contributed by atoms with van der Waals surface area (Å²) >= 11 is 0. The van der Waals surface area contributed by atoms with Crippen LogP contribution in [0.25, 0.3) is 0 Å². The Balaban J connectivity index is 2.95. The van der Waals surface area contributed by atoms with Gasteiger partial charge in [-0.1, -0.05) is 12.2 Å². The lowest BCUT2D eigenvalue weighted by Crippen LogP contribution is -2.29. The van der Waals surface area contributed by atoms with Crippen LogP contribution < -0.4 is 5.73 Å². The van der Waals surface area contributed by atoms with Crippen LogP contribution in [0.3, 0.4) is 0 Å². The third-order valence-electron chi connectivity index (χ3n) is 2.19. The number of carbonyl (C=O) groups excluding carboxylic acids is 1. The Kier molecular flexibility index (Phi) is 3.66. The van der Waals surface area contributed by atoms with E-state index in [4.69, 9.17) is 5.73 Å². The molecule has 0 bridgehead atoms. The molecule has 4 nitrogen and oxygen atoms in total. The zero-order valence-electron chi connectivity index (χ0n) is 9.95. The highest BCUT2D eigenvalue weighted by atomic mass is 16.2. The monoisotopic (exact) mass is 219 g/mol. The Labute approximate surface area is 95.8 Å². The SMILES string of the molecule is C=C(C)CN(C)C(=O)c1cc(N)cnc1C. The van der Waals surface area contributed by atoms with Crippen LogP contribution in [0.4, 0.5) is 5.69 Å². The lowest BCUT2D eigenvalue weighted by Gasteiger charge is -2.18. The van der Waals surface area contributed by atoms with Gasteiger partial charge in [-0.25, -0.2) is 0 Å². The molecule has 0 saturated heterocycles. The van der Waals surface area contributed by atoms with E-state index in [1.165, 1.54) is 0 Å². The summed E-state index contributed by atoms with van der Waals surface area (Å²) in [7, 11) is 1.74. The molecule has 0 radical (unpaired) electrons. The second-order valence-electron chi connectivity index (χ2n) is 4.02. The lowest BCUT2D eigenvalue weighted by atomic mass is 10.1. The number of aromatic nitrogens is 1.